The fourth-order valence-electron chi connectivity index (χ4n) is 2.59. The first-order chi connectivity index (χ1) is 9.27. The molecule has 0 aliphatic heterocycles. The average molecular weight is 266 g/mol. The lowest BCUT2D eigenvalue weighted by atomic mass is 9.81. The summed E-state index contributed by atoms with van der Waals surface area (Å²) in [5.74, 6) is 0.213. The first-order valence-electron chi connectivity index (χ1n) is 7.66. The van der Waals surface area contributed by atoms with Gasteiger partial charge in [0.15, 0.2) is 0 Å². The van der Waals surface area contributed by atoms with Gasteiger partial charge in [-0.25, -0.2) is 0 Å². The smallest absolute Gasteiger partial charge is 0.115 e. The van der Waals surface area contributed by atoms with E-state index in [0.29, 0.717) is 0 Å². The lowest BCUT2D eigenvalue weighted by Gasteiger charge is -2.32. The van der Waals surface area contributed by atoms with E-state index in [2.05, 4.69) is 0 Å². The Morgan fingerprint density at radius 1 is 1.00 bits per heavy atom. The molecule has 1 fully saturated rings. The maximum atomic E-state index is 10.5. The van der Waals surface area contributed by atoms with Crippen LogP contribution in [-0.4, -0.2) is 16.8 Å². The summed E-state index contributed by atoms with van der Waals surface area (Å²) in [6.45, 7) is 7.82. The van der Waals surface area contributed by atoms with Gasteiger partial charge < -0.3 is 10.2 Å². The van der Waals surface area contributed by atoms with Crippen molar-refractivity contribution in [3.8, 4) is 0 Å². The third-order valence-electron chi connectivity index (χ3n) is 3.55. The molecule has 2 rings (SSSR count). The van der Waals surface area contributed by atoms with Crippen LogP contribution in [0.25, 0.3) is 0 Å². The van der Waals surface area contributed by atoms with Crippen LogP contribution in [0.1, 0.15) is 58.9 Å². The Kier molecular flexibility index (Phi) is 9.54. The number of hydrogen-bond acceptors (Lipinski definition) is 2. The van der Waals surface area contributed by atoms with Gasteiger partial charge in [-0.3, -0.25) is 0 Å². The maximum Gasteiger partial charge on any atom is 0.115 e. The van der Waals surface area contributed by atoms with Gasteiger partial charge in [-0.2, -0.15) is 0 Å². The molecule has 0 amide bonds. The molecule has 19 heavy (non-hydrogen) atoms. The van der Waals surface area contributed by atoms with Gasteiger partial charge in [0.05, 0.1) is 6.61 Å². The van der Waals surface area contributed by atoms with Crippen molar-refractivity contribution in [1.82, 2.24) is 0 Å². The molecule has 1 saturated carbocycles. The van der Waals surface area contributed by atoms with Gasteiger partial charge in [-0.15, -0.1) is 0 Å². The molecule has 1 aliphatic carbocycles. The SMILES string of the molecule is CC.CC.OC[C@](O)(c1ccccc1)C1CCCC1. The number of benzene rings is 1. The minimum atomic E-state index is -1.03. The van der Waals surface area contributed by atoms with E-state index in [-0.39, 0.29) is 12.5 Å². The van der Waals surface area contributed by atoms with Crippen LogP contribution < -0.4 is 0 Å². The lowest BCUT2D eigenvalue weighted by molar-refractivity contribution is -0.0661. The van der Waals surface area contributed by atoms with Crippen molar-refractivity contribution in [2.45, 2.75) is 59.0 Å². The van der Waals surface area contributed by atoms with Gasteiger partial charge in [0, 0.05) is 0 Å². The molecule has 110 valence electrons. The zero-order valence-corrected chi connectivity index (χ0v) is 12.9. The average Bonchev–Trinajstić information content (AvgIpc) is 3.06. The predicted octanol–water partition coefficient (Wildman–Crippen LogP) is 4.11. The van der Waals surface area contributed by atoms with Crippen LogP contribution in [0.15, 0.2) is 30.3 Å². The van der Waals surface area contributed by atoms with Crippen molar-refractivity contribution < 1.29 is 10.2 Å². The van der Waals surface area contributed by atoms with E-state index in [1.807, 2.05) is 58.0 Å². The zero-order valence-electron chi connectivity index (χ0n) is 12.9. The molecule has 2 nitrogen and oxygen atoms in total. The van der Waals surface area contributed by atoms with Crippen LogP contribution in [0.5, 0.6) is 0 Å². The molecule has 1 aromatic carbocycles. The first kappa shape index (κ1) is 18.1. The van der Waals surface area contributed by atoms with Crippen molar-refractivity contribution in [3.63, 3.8) is 0 Å². The van der Waals surface area contributed by atoms with E-state index in [4.69, 9.17) is 0 Å². The highest BCUT2D eigenvalue weighted by Gasteiger charge is 2.39. The maximum absolute atomic E-state index is 10.5. The van der Waals surface area contributed by atoms with E-state index in [1.54, 1.807) is 0 Å². The second-order valence-corrected chi connectivity index (χ2v) is 4.43. The molecular weight excluding hydrogens is 236 g/mol. The molecular formula is C17H30O2. The lowest BCUT2D eigenvalue weighted by Crippen LogP contribution is -2.37. The Labute approximate surface area is 118 Å². The van der Waals surface area contributed by atoms with Crippen LogP contribution in [0.4, 0.5) is 0 Å². The van der Waals surface area contributed by atoms with E-state index < -0.39 is 5.60 Å². The largest absolute Gasteiger partial charge is 0.393 e. The monoisotopic (exact) mass is 266 g/mol. The summed E-state index contributed by atoms with van der Waals surface area (Å²) >= 11 is 0. The summed E-state index contributed by atoms with van der Waals surface area (Å²) < 4.78 is 0. The normalized spacial score (nSPS) is 17.6. The predicted molar refractivity (Wildman–Crippen MR) is 82.1 cm³/mol. The summed E-state index contributed by atoms with van der Waals surface area (Å²) in [5, 5.41) is 20.0. The van der Waals surface area contributed by atoms with Crippen LogP contribution in [-0.2, 0) is 5.60 Å². The van der Waals surface area contributed by atoms with E-state index in [1.165, 1.54) is 12.8 Å². The molecule has 0 radical (unpaired) electrons. The number of rotatable bonds is 3. The number of aliphatic hydroxyl groups excluding tert-OH is 1. The Bertz CT molecular complexity index is 304. The third-order valence-corrected chi connectivity index (χ3v) is 3.55. The van der Waals surface area contributed by atoms with Gasteiger partial charge in [0.1, 0.15) is 5.60 Å². The van der Waals surface area contributed by atoms with Crippen molar-refractivity contribution in [2.24, 2.45) is 5.92 Å². The zero-order chi connectivity index (χ0) is 14.7. The van der Waals surface area contributed by atoms with Crippen LogP contribution >= 0.6 is 0 Å². The topological polar surface area (TPSA) is 40.5 Å². The van der Waals surface area contributed by atoms with E-state index in [9.17, 15) is 10.2 Å². The van der Waals surface area contributed by atoms with Gasteiger partial charge in [0.2, 0.25) is 0 Å². The fourth-order valence-corrected chi connectivity index (χ4v) is 2.59. The second kappa shape index (κ2) is 9.99. The Morgan fingerprint density at radius 3 is 1.89 bits per heavy atom. The molecule has 0 spiro atoms. The highest BCUT2D eigenvalue weighted by Crippen LogP contribution is 2.40. The summed E-state index contributed by atoms with van der Waals surface area (Å²) in [7, 11) is 0. The highest BCUT2D eigenvalue weighted by atomic mass is 16.3. The minimum Gasteiger partial charge on any atom is -0.393 e. The van der Waals surface area contributed by atoms with Crippen molar-refractivity contribution in [3.05, 3.63) is 35.9 Å². The molecule has 2 N–H and O–H groups in total. The van der Waals surface area contributed by atoms with Gasteiger partial charge in [-0.1, -0.05) is 70.9 Å². The van der Waals surface area contributed by atoms with Crippen LogP contribution in [0.3, 0.4) is 0 Å². The molecule has 0 heterocycles. The summed E-state index contributed by atoms with van der Waals surface area (Å²) in [6, 6.07) is 9.54. The molecule has 0 saturated heterocycles. The number of aliphatic hydroxyl groups is 2. The van der Waals surface area contributed by atoms with E-state index in [0.717, 1.165) is 18.4 Å². The summed E-state index contributed by atoms with van der Waals surface area (Å²) in [4.78, 5) is 0. The molecule has 0 aromatic heterocycles. The molecule has 0 bridgehead atoms. The summed E-state index contributed by atoms with van der Waals surface area (Å²) in [5.41, 5.74) is -0.183. The van der Waals surface area contributed by atoms with Crippen LogP contribution in [0, 0.1) is 5.92 Å². The van der Waals surface area contributed by atoms with Crippen LogP contribution in [0.2, 0.25) is 0 Å². The first-order valence-corrected chi connectivity index (χ1v) is 7.66. The molecule has 1 atom stereocenters. The van der Waals surface area contributed by atoms with Gasteiger partial charge in [0.25, 0.3) is 0 Å². The Hall–Kier alpha value is -0.860. The van der Waals surface area contributed by atoms with Crippen molar-refractivity contribution in [1.29, 1.82) is 0 Å². The Balaban J connectivity index is 0.000000741. The van der Waals surface area contributed by atoms with Crippen molar-refractivity contribution >= 4 is 0 Å². The van der Waals surface area contributed by atoms with Gasteiger partial charge in [-0.05, 0) is 24.3 Å². The summed E-state index contributed by atoms with van der Waals surface area (Å²) in [6.07, 6.45) is 4.37. The Morgan fingerprint density at radius 2 is 1.47 bits per heavy atom. The van der Waals surface area contributed by atoms with Crippen molar-refractivity contribution in [2.75, 3.05) is 6.61 Å². The minimum absolute atomic E-state index is 0.179. The van der Waals surface area contributed by atoms with E-state index >= 15 is 0 Å². The third kappa shape index (κ3) is 4.63. The van der Waals surface area contributed by atoms with Gasteiger partial charge >= 0.3 is 0 Å². The number of hydrogen-bond donors (Lipinski definition) is 2. The quantitative estimate of drug-likeness (QED) is 0.864. The molecule has 1 aromatic rings. The molecule has 2 heteroatoms. The molecule has 0 unspecified atom stereocenters. The highest BCUT2D eigenvalue weighted by molar-refractivity contribution is 5.23. The fraction of sp³-hybridized carbons (Fsp3) is 0.647. The second-order valence-electron chi connectivity index (χ2n) is 4.43. The standard InChI is InChI=1S/C13H18O2.2C2H6/c14-10-13(15,12-8-4-5-9-12)11-6-2-1-3-7-11;2*1-2/h1-3,6-7,12,14-15H,4-5,8-10H2;2*1-2H3/t13-;;/m0../s1. The molecule has 1 aliphatic rings.